The largest absolute Gasteiger partial charge is 0.416 e. The number of carbonyl (C=O) groups is 2. The Labute approximate surface area is 222 Å². The number of rotatable bonds is 6. The van der Waals surface area contributed by atoms with Crippen molar-refractivity contribution < 1.29 is 22.8 Å². The Morgan fingerprint density at radius 3 is 2.18 bits per heavy atom. The van der Waals surface area contributed by atoms with Gasteiger partial charge in [0.1, 0.15) is 0 Å². The summed E-state index contributed by atoms with van der Waals surface area (Å²) in [6.07, 6.45) is -4.54. The molecule has 3 aromatic carbocycles. The van der Waals surface area contributed by atoms with Gasteiger partial charge < -0.3 is 5.32 Å². The van der Waals surface area contributed by atoms with Crippen molar-refractivity contribution in [3.8, 4) is 0 Å². The van der Waals surface area contributed by atoms with Crippen LogP contribution in [0.4, 0.5) is 35.3 Å². The highest BCUT2D eigenvalue weighted by Gasteiger charge is 2.30. The molecule has 1 heterocycles. The maximum atomic E-state index is 13.4. The van der Waals surface area contributed by atoms with E-state index in [-0.39, 0.29) is 23.6 Å². The molecule has 202 valence electrons. The third kappa shape index (κ3) is 6.98. The Morgan fingerprint density at radius 1 is 0.897 bits per heavy atom. The van der Waals surface area contributed by atoms with Gasteiger partial charge in [0, 0.05) is 16.9 Å². The molecule has 0 aliphatic rings. The van der Waals surface area contributed by atoms with E-state index in [1.54, 1.807) is 36.4 Å². The fourth-order valence-corrected chi connectivity index (χ4v) is 3.72. The van der Waals surface area contributed by atoms with Gasteiger partial charge in [0.2, 0.25) is 0 Å². The Hall–Kier alpha value is -4.74. The van der Waals surface area contributed by atoms with Crippen molar-refractivity contribution in [2.75, 3.05) is 15.5 Å². The number of alkyl halides is 3. The number of hydrogen-bond donors (Lipinski definition) is 3. The van der Waals surface area contributed by atoms with Gasteiger partial charge in [0.15, 0.2) is 0 Å². The number of aromatic nitrogens is 4. The van der Waals surface area contributed by atoms with Gasteiger partial charge >= 0.3 is 12.2 Å². The molecular weight excluding hydrogens is 511 g/mol. The van der Waals surface area contributed by atoms with Gasteiger partial charge in [-0.05, 0) is 64.2 Å². The van der Waals surface area contributed by atoms with Gasteiger partial charge in [-0.15, -0.1) is 5.10 Å². The van der Waals surface area contributed by atoms with Crippen molar-refractivity contribution in [3.63, 3.8) is 0 Å². The van der Waals surface area contributed by atoms with Gasteiger partial charge in [-0.3, -0.25) is 15.0 Å². The Balaban J connectivity index is 1.58. The Kier molecular flexibility index (Phi) is 7.65. The number of amides is 3. The molecule has 39 heavy (non-hydrogen) atoms. The first-order valence-electron chi connectivity index (χ1n) is 11.9. The van der Waals surface area contributed by atoms with Gasteiger partial charge in [0.05, 0.1) is 12.1 Å². The fraction of sp³-hybridized carbons (Fsp3) is 0.222. The van der Waals surface area contributed by atoms with Gasteiger partial charge in [-0.25, -0.2) is 4.79 Å². The average Bonchev–Trinajstić information content (AvgIpc) is 3.40. The lowest BCUT2D eigenvalue weighted by Crippen LogP contribution is -2.34. The van der Waals surface area contributed by atoms with Crippen LogP contribution in [0.25, 0.3) is 0 Å². The lowest BCUT2D eigenvalue weighted by Gasteiger charge is -2.25. The second kappa shape index (κ2) is 10.9. The van der Waals surface area contributed by atoms with Crippen LogP contribution in [-0.4, -0.2) is 32.6 Å². The van der Waals surface area contributed by atoms with Gasteiger partial charge in [0.25, 0.3) is 11.9 Å². The van der Waals surface area contributed by atoms with Crippen LogP contribution in [0, 0.1) is 0 Å². The van der Waals surface area contributed by atoms with Crippen molar-refractivity contribution in [1.29, 1.82) is 0 Å². The molecule has 0 atom stereocenters. The number of anilines is 3. The molecule has 3 amide bonds. The number of aromatic amines is 1. The molecule has 0 radical (unpaired) electrons. The normalized spacial score (nSPS) is 11.6. The number of carbonyl (C=O) groups excluding carboxylic acids is 2. The molecule has 3 N–H and O–H groups in total. The summed E-state index contributed by atoms with van der Waals surface area (Å²) in [4.78, 5) is 27.2. The smallest absolute Gasteiger partial charge is 0.308 e. The van der Waals surface area contributed by atoms with Crippen LogP contribution >= 0.6 is 0 Å². The van der Waals surface area contributed by atoms with E-state index in [9.17, 15) is 22.8 Å². The van der Waals surface area contributed by atoms with E-state index in [1.165, 1.54) is 17.0 Å². The van der Waals surface area contributed by atoms with E-state index in [0.717, 1.165) is 17.7 Å². The number of H-pyrrole nitrogens is 1. The molecule has 0 saturated heterocycles. The van der Waals surface area contributed by atoms with Crippen molar-refractivity contribution in [2.24, 2.45) is 0 Å². The third-order valence-corrected chi connectivity index (χ3v) is 5.86. The molecule has 0 aliphatic heterocycles. The second-order valence-electron chi connectivity index (χ2n) is 9.78. The zero-order valence-corrected chi connectivity index (χ0v) is 21.4. The Bertz CT molecular complexity index is 1430. The van der Waals surface area contributed by atoms with Crippen LogP contribution in [0.2, 0.25) is 0 Å². The van der Waals surface area contributed by atoms with Crippen LogP contribution in [0.5, 0.6) is 0 Å². The number of nitrogens with zero attached hydrogens (tertiary/aromatic N) is 4. The molecule has 0 bridgehead atoms. The number of hydrogen-bond acceptors (Lipinski definition) is 5. The zero-order valence-electron chi connectivity index (χ0n) is 21.4. The summed E-state index contributed by atoms with van der Waals surface area (Å²) < 4.78 is 39.5. The quantitative estimate of drug-likeness (QED) is 0.279. The number of tetrazole rings is 1. The second-order valence-corrected chi connectivity index (χ2v) is 9.78. The monoisotopic (exact) mass is 537 g/mol. The Morgan fingerprint density at radius 2 is 1.59 bits per heavy atom. The minimum atomic E-state index is -4.54. The predicted octanol–water partition coefficient (Wildman–Crippen LogP) is 6.01. The first kappa shape index (κ1) is 27.3. The first-order valence-corrected chi connectivity index (χ1v) is 11.9. The van der Waals surface area contributed by atoms with Crippen LogP contribution < -0.4 is 15.5 Å². The minimum absolute atomic E-state index is 0.0135. The number of benzene rings is 3. The SMILES string of the molecule is CC(C)(C)c1ccc(N(Cc2ccc(C(=O)Nc3nn[nH]n3)cc2)C(=O)Nc2cccc(C(F)(F)F)c2)cc1. The predicted molar refractivity (Wildman–Crippen MR) is 140 cm³/mol. The highest BCUT2D eigenvalue weighted by Crippen LogP contribution is 2.31. The van der Waals surface area contributed by atoms with Crippen LogP contribution in [0.15, 0.2) is 72.8 Å². The third-order valence-electron chi connectivity index (χ3n) is 5.86. The van der Waals surface area contributed by atoms with Crippen LogP contribution in [0.3, 0.4) is 0 Å². The summed E-state index contributed by atoms with van der Waals surface area (Å²) in [7, 11) is 0. The van der Waals surface area contributed by atoms with E-state index in [2.05, 4.69) is 52.0 Å². The number of urea groups is 1. The standard InChI is InChI=1S/C27H26F3N7O2/c1-26(2,3)19-11-13-22(14-12-19)37(25(39)31-21-6-4-5-20(15-21)27(28,29)30)16-17-7-9-18(10-8-17)23(38)32-24-33-35-36-34-24/h4-15H,16H2,1-3H3,(H,31,39)(H2,32,33,34,35,36,38). The highest BCUT2D eigenvalue weighted by atomic mass is 19.4. The lowest BCUT2D eigenvalue weighted by molar-refractivity contribution is -0.137. The topological polar surface area (TPSA) is 116 Å². The molecule has 4 rings (SSSR count). The van der Waals surface area contributed by atoms with Crippen LogP contribution in [-0.2, 0) is 18.1 Å². The first-order chi connectivity index (χ1) is 18.4. The maximum Gasteiger partial charge on any atom is 0.416 e. The molecule has 0 fully saturated rings. The minimum Gasteiger partial charge on any atom is -0.308 e. The molecule has 0 saturated carbocycles. The van der Waals surface area contributed by atoms with E-state index in [1.807, 2.05) is 12.1 Å². The zero-order chi connectivity index (χ0) is 28.2. The van der Waals surface area contributed by atoms with Gasteiger partial charge in [-0.2, -0.15) is 18.4 Å². The summed E-state index contributed by atoms with van der Waals surface area (Å²) in [6, 6.07) is 17.8. The molecule has 4 aromatic rings. The molecule has 12 heteroatoms. The fourth-order valence-electron chi connectivity index (χ4n) is 3.72. The van der Waals surface area contributed by atoms with E-state index in [4.69, 9.17) is 0 Å². The van der Waals surface area contributed by atoms with Crippen molar-refractivity contribution in [1.82, 2.24) is 20.6 Å². The summed E-state index contributed by atoms with van der Waals surface area (Å²) in [5.74, 6) is -0.417. The summed E-state index contributed by atoms with van der Waals surface area (Å²) in [6.45, 7) is 6.29. The van der Waals surface area contributed by atoms with E-state index >= 15 is 0 Å². The number of nitrogens with one attached hydrogen (secondary N) is 3. The summed E-state index contributed by atoms with van der Waals surface area (Å²) in [5, 5.41) is 18.0. The van der Waals surface area contributed by atoms with E-state index in [0.29, 0.717) is 16.8 Å². The highest BCUT2D eigenvalue weighted by molar-refractivity contribution is 6.03. The van der Waals surface area contributed by atoms with Crippen LogP contribution in [0.1, 0.15) is 47.8 Å². The molecule has 0 unspecified atom stereocenters. The average molecular weight is 538 g/mol. The lowest BCUT2D eigenvalue weighted by atomic mass is 9.87. The van der Waals surface area contributed by atoms with Crippen molar-refractivity contribution in [3.05, 3.63) is 95.1 Å². The molecule has 0 spiro atoms. The van der Waals surface area contributed by atoms with Gasteiger partial charge in [-0.1, -0.05) is 56.2 Å². The number of halogens is 3. The summed E-state index contributed by atoms with van der Waals surface area (Å²) in [5.41, 5.74) is 1.66. The molecule has 0 aliphatic carbocycles. The molecule has 1 aromatic heterocycles. The molecular formula is C27H26F3N7O2. The molecule has 9 nitrogen and oxygen atoms in total. The maximum absolute atomic E-state index is 13.4. The van der Waals surface area contributed by atoms with Crippen molar-refractivity contribution in [2.45, 2.75) is 38.9 Å². The van der Waals surface area contributed by atoms with E-state index < -0.39 is 23.7 Å². The van der Waals surface area contributed by atoms with Crippen molar-refractivity contribution >= 4 is 29.3 Å². The summed E-state index contributed by atoms with van der Waals surface area (Å²) >= 11 is 0.